The molecule has 2 saturated carbocycles. The summed E-state index contributed by atoms with van der Waals surface area (Å²) in [7, 11) is 0. The summed E-state index contributed by atoms with van der Waals surface area (Å²) in [4.78, 5) is 0. The van der Waals surface area contributed by atoms with Gasteiger partial charge in [0.2, 0.25) is 11.7 Å². The summed E-state index contributed by atoms with van der Waals surface area (Å²) in [6.45, 7) is 0. The quantitative estimate of drug-likeness (QED) is 0.192. The maximum Gasteiger partial charge on any atom is 0.384 e. The summed E-state index contributed by atoms with van der Waals surface area (Å²) in [5, 5.41) is 0. The maximum absolute atomic E-state index is 14.4. The fourth-order valence-corrected chi connectivity index (χ4v) is 3.95. The number of rotatable bonds is 6. The van der Waals surface area contributed by atoms with E-state index in [1.165, 1.54) is 0 Å². The Morgan fingerprint density at radius 2 is 0.429 bits per heavy atom. The average Bonchev–Trinajstić information content (AvgIpc) is 2.92. The molecule has 0 atom stereocenters. The van der Waals surface area contributed by atoms with Crippen molar-refractivity contribution in [3.63, 3.8) is 0 Å². The molecule has 0 amide bonds. The zero-order chi connectivity index (χ0) is 40.0. The second kappa shape index (κ2) is 9.94. The zero-order valence-corrected chi connectivity index (χ0v) is 20.7. The lowest BCUT2D eigenvalue weighted by molar-refractivity contribution is -0.503. The van der Waals surface area contributed by atoms with Crippen molar-refractivity contribution in [3.05, 3.63) is 23.7 Å². The van der Waals surface area contributed by atoms with E-state index in [-0.39, 0.29) is 0 Å². The molecule has 2 rings (SSSR count). The molecule has 0 bridgehead atoms. The number of alkyl halides is 26. The van der Waals surface area contributed by atoms with Gasteiger partial charge in [-0.2, -0.15) is 123 Å². The van der Waals surface area contributed by atoms with Crippen molar-refractivity contribution >= 4 is 0 Å². The van der Waals surface area contributed by atoms with E-state index < -0.39 is 106 Å². The first-order valence-corrected chi connectivity index (χ1v) is 10.6. The molecule has 1 nitrogen and oxygen atoms in total. The third-order valence-corrected chi connectivity index (χ3v) is 6.83. The normalized spacial score (nSPS) is 30.4. The van der Waals surface area contributed by atoms with Gasteiger partial charge in [0.15, 0.2) is 0 Å². The van der Waals surface area contributed by atoms with Crippen LogP contribution in [0.3, 0.4) is 0 Å². The molecule has 288 valence electrons. The third kappa shape index (κ3) is 3.89. The van der Waals surface area contributed by atoms with E-state index in [2.05, 4.69) is 0 Å². The highest BCUT2D eigenvalue weighted by Crippen LogP contribution is 2.75. The molecule has 2 aliphatic carbocycles. The number of hydrogen-bond acceptors (Lipinski definition) is 1. The molecular formula is C18F30O. The highest BCUT2D eigenvalue weighted by molar-refractivity contribution is 5.36. The van der Waals surface area contributed by atoms with Crippen molar-refractivity contribution < 1.29 is 136 Å². The lowest BCUT2D eigenvalue weighted by Crippen LogP contribution is -2.87. The largest absolute Gasteiger partial charge is 0.400 e. The van der Waals surface area contributed by atoms with Crippen molar-refractivity contribution in [2.75, 3.05) is 0 Å². The van der Waals surface area contributed by atoms with Gasteiger partial charge < -0.3 is 4.74 Å². The SMILES string of the molecule is FC(OC(F)=C(F)C(F)(F)C1(F)C(F)(F)C(F)(F)C(F)(F)C(F)(F)C1(F)F)=C(F)C(F)(F)C1(F)C(F)(F)C(F)(F)C(F)(F)C(F)(F)C1(F)F. The van der Waals surface area contributed by atoms with Gasteiger partial charge in [-0.15, -0.1) is 0 Å². The molecule has 31 heteroatoms. The van der Waals surface area contributed by atoms with Crippen LogP contribution >= 0.6 is 0 Å². The Morgan fingerprint density at radius 3 is 0.592 bits per heavy atom. The Morgan fingerprint density at radius 1 is 0.286 bits per heavy atom. The molecule has 0 radical (unpaired) electrons. The van der Waals surface area contributed by atoms with Crippen LogP contribution in [0.1, 0.15) is 0 Å². The van der Waals surface area contributed by atoms with Gasteiger partial charge in [0.25, 0.3) is 0 Å². The molecule has 0 aromatic rings. The van der Waals surface area contributed by atoms with Gasteiger partial charge in [-0.3, -0.25) is 0 Å². The van der Waals surface area contributed by atoms with E-state index in [1.807, 2.05) is 0 Å². The van der Waals surface area contributed by atoms with E-state index in [0.29, 0.717) is 0 Å². The maximum atomic E-state index is 14.4. The summed E-state index contributed by atoms with van der Waals surface area (Å²) in [6, 6.07) is -10.6. The molecule has 2 aliphatic rings. The van der Waals surface area contributed by atoms with Gasteiger partial charge in [-0.1, -0.05) is 0 Å². The van der Waals surface area contributed by atoms with E-state index in [9.17, 15) is 132 Å². The standard InChI is InChI=1S/C18F30O/c19-1(5(23,24)7(27)9(29,30)13(37,38)17(45,46)14(39,40)10(7,31)32)3(21)49-4(22)2(20)6(25,26)8(28)11(33,34)15(41,42)18(47,48)16(43,44)12(8,35)36. The predicted octanol–water partition coefficient (Wildman–Crippen LogP) is 10.3. The van der Waals surface area contributed by atoms with Gasteiger partial charge in [0.05, 0.1) is 0 Å². The van der Waals surface area contributed by atoms with Crippen LogP contribution in [0, 0.1) is 0 Å². The van der Waals surface area contributed by atoms with Crippen LogP contribution in [0.15, 0.2) is 23.7 Å². The third-order valence-electron chi connectivity index (χ3n) is 6.83. The fourth-order valence-electron chi connectivity index (χ4n) is 3.95. The van der Waals surface area contributed by atoms with Crippen LogP contribution in [0.2, 0.25) is 0 Å². The molecule has 0 aliphatic heterocycles. The molecule has 0 spiro atoms. The van der Waals surface area contributed by atoms with Gasteiger partial charge in [0.1, 0.15) is 0 Å². The van der Waals surface area contributed by atoms with Gasteiger partial charge in [0, 0.05) is 0 Å². The molecule has 0 N–H and O–H groups in total. The van der Waals surface area contributed by atoms with Crippen molar-refractivity contribution in [2.24, 2.45) is 0 Å². The monoisotopic (exact) mass is 802 g/mol. The Bertz CT molecular complexity index is 1260. The van der Waals surface area contributed by atoms with Gasteiger partial charge in [-0.25, -0.2) is 8.78 Å². The first kappa shape index (κ1) is 42.3. The Labute approximate surface area is 244 Å². The van der Waals surface area contributed by atoms with Crippen LogP contribution in [0.5, 0.6) is 0 Å². The van der Waals surface area contributed by atoms with Crippen molar-refractivity contribution in [3.8, 4) is 0 Å². The zero-order valence-electron chi connectivity index (χ0n) is 20.7. The van der Waals surface area contributed by atoms with Crippen LogP contribution < -0.4 is 0 Å². The highest BCUT2D eigenvalue weighted by atomic mass is 19.4. The Kier molecular flexibility index (Phi) is 8.59. The second-order valence-electron chi connectivity index (χ2n) is 9.49. The lowest BCUT2D eigenvalue weighted by Gasteiger charge is -2.53. The molecule has 49 heavy (non-hydrogen) atoms. The minimum absolute atomic E-state index is 1.74. The second-order valence-corrected chi connectivity index (χ2v) is 9.49. The Balaban J connectivity index is 2.87. The van der Waals surface area contributed by atoms with E-state index in [1.54, 1.807) is 4.74 Å². The first-order chi connectivity index (χ1) is 20.9. The highest BCUT2D eigenvalue weighted by Gasteiger charge is 3.07. The molecule has 0 aromatic heterocycles. The minimum atomic E-state index is -9.01. The van der Waals surface area contributed by atoms with Crippen molar-refractivity contribution in [1.29, 1.82) is 0 Å². The van der Waals surface area contributed by atoms with Crippen LogP contribution in [0.25, 0.3) is 0 Å². The smallest absolute Gasteiger partial charge is 0.384 e. The predicted molar refractivity (Wildman–Crippen MR) is 86.6 cm³/mol. The molecule has 2 fully saturated rings. The van der Waals surface area contributed by atoms with E-state index >= 15 is 0 Å². The molecule has 0 unspecified atom stereocenters. The first-order valence-electron chi connectivity index (χ1n) is 10.6. The van der Waals surface area contributed by atoms with Crippen LogP contribution in [-0.4, -0.2) is 82.4 Å². The summed E-state index contributed by atoms with van der Waals surface area (Å²) >= 11 is 0. The fraction of sp³-hybridized carbons (Fsp3) is 0.778. The summed E-state index contributed by atoms with van der Waals surface area (Å²) in [5.41, 5.74) is -18.0. The molecular weight excluding hydrogens is 802 g/mol. The van der Waals surface area contributed by atoms with Crippen molar-refractivity contribution in [1.82, 2.24) is 0 Å². The van der Waals surface area contributed by atoms with Crippen LogP contribution in [-0.2, 0) is 4.74 Å². The number of allylic oxidation sites excluding steroid dienone is 2. The van der Waals surface area contributed by atoms with E-state index in [0.717, 1.165) is 0 Å². The Hall–Kier alpha value is -2.82. The summed E-state index contributed by atoms with van der Waals surface area (Å²) < 4.78 is 411. The van der Waals surface area contributed by atoms with E-state index in [4.69, 9.17) is 0 Å². The summed E-state index contributed by atoms with van der Waals surface area (Å²) in [5.74, 6) is -115. The molecule has 0 aromatic carbocycles. The van der Waals surface area contributed by atoms with Crippen molar-refractivity contribution in [2.45, 2.75) is 82.4 Å². The average molecular weight is 802 g/mol. The minimum Gasteiger partial charge on any atom is -0.400 e. The lowest BCUT2D eigenvalue weighted by atomic mass is 9.69. The van der Waals surface area contributed by atoms with Gasteiger partial charge >= 0.3 is 94.4 Å². The summed E-state index contributed by atoms with van der Waals surface area (Å²) in [6.07, 6.45) is 0. The molecule has 0 heterocycles. The van der Waals surface area contributed by atoms with Crippen LogP contribution in [0.4, 0.5) is 132 Å². The van der Waals surface area contributed by atoms with Gasteiger partial charge in [-0.05, 0) is 0 Å². The number of ether oxygens (including phenoxy) is 1. The number of halogens is 30. The molecule has 0 saturated heterocycles. The number of hydrogen-bond donors (Lipinski definition) is 0. The topological polar surface area (TPSA) is 9.23 Å².